The van der Waals surface area contributed by atoms with Crippen molar-refractivity contribution < 1.29 is 9.90 Å². The number of carboxylic acids is 1. The Bertz CT molecular complexity index is 325. The standard InChI is InChI=1S/C12H18N2O2/c1-10(2)14(9-12(15)16)8-5-11-3-6-13-7-4-11/h3-4,6-7,10H,5,8-9H2,1-2H3,(H,15,16). The van der Waals surface area contributed by atoms with E-state index in [1.165, 1.54) is 5.56 Å². The Labute approximate surface area is 95.9 Å². The van der Waals surface area contributed by atoms with Crippen LogP contribution >= 0.6 is 0 Å². The van der Waals surface area contributed by atoms with Crippen LogP contribution in [0.4, 0.5) is 0 Å². The molecule has 0 unspecified atom stereocenters. The van der Waals surface area contributed by atoms with Crippen molar-refractivity contribution in [2.75, 3.05) is 13.1 Å². The van der Waals surface area contributed by atoms with E-state index >= 15 is 0 Å². The molecule has 4 nitrogen and oxygen atoms in total. The second-order valence-corrected chi connectivity index (χ2v) is 4.06. The van der Waals surface area contributed by atoms with E-state index in [9.17, 15) is 4.79 Å². The Morgan fingerprint density at radius 1 is 1.44 bits per heavy atom. The lowest BCUT2D eigenvalue weighted by molar-refractivity contribution is -0.138. The first-order valence-corrected chi connectivity index (χ1v) is 5.44. The van der Waals surface area contributed by atoms with Gasteiger partial charge in [-0.25, -0.2) is 0 Å². The summed E-state index contributed by atoms with van der Waals surface area (Å²) in [5.74, 6) is -0.775. The predicted octanol–water partition coefficient (Wildman–Crippen LogP) is 1.42. The van der Waals surface area contributed by atoms with Gasteiger partial charge in [0.05, 0.1) is 6.54 Å². The fourth-order valence-corrected chi connectivity index (χ4v) is 1.52. The summed E-state index contributed by atoms with van der Waals surface area (Å²) in [4.78, 5) is 16.6. The maximum atomic E-state index is 10.7. The third kappa shape index (κ3) is 4.40. The molecule has 0 aliphatic rings. The molecule has 0 bridgehead atoms. The summed E-state index contributed by atoms with van der Waals surface area (Å²) in [5.41, 5.74) is 1.19. The van der Waals surface area contributed by atoms with Crippen molar-refractivity contribution in [1.82, 2.24) is 9.88 Å². The Morgan fingerprint density at radius 3 is 2.56 bits per heavy atom. The van der Waals surface area contributed by atoms with E-state index in [4.69, 9.17) is 5.11 Å². The van der Waals surface area contributed by atoms with E-state index in [-0.39, 0.29) is 12.6 Å². The van der Waals surface area contributed by atoms with E-state index in [0.29, 0.717) is 0 Å². The van der Waals surface area contributed by atoms with Crippen molar-refractivity contribution in [2.24, 2.45) is 0 Å². The highest BCUT2D eigenvalue weighted by molar-refractivity contribution is 5.69. The fraction of sp³-hybridized carbons (Fsp3) is 0.500. The van der Waals surface area contributed by atoms with Gasteiger partial charge in [0.25, 0.3) is 0 Å². The highest BCUT2D eigenvalue weighted by atomic mass is 16.4. The molecule has 1 aromatic heterocycles. The maximum absolute atomic E-state index is 10.7. The Balaban J connectivity index is 2.47. The Morgan fingerprint density at radius 2 is 2.06 bits per heavy atom. The summed E-state index contributed by atoms with van der Waals surface area (Å²) in [6.45, 7) is 4.88. The fourth-order valence-electron chi connectivity index (χ4n) is 1.52. The summed E-state index contributed by atoms with van der Waals surface area (Å²) in [5, 5.41) is 8.78. The van der Waals surface area contributed by atoms with E-state index < -0.39 is 5.97 Å². The average Bonchev–Trinajstić information content (AvgIpc) is 2.25. The van der Waals surface area contributed by atoms with Gasteiger partial charge in [0.2, 0.25) is 0 Å². The highest BCUT2D eigenvalue weighted by Gasteiger charge is 2.12. The van der Waals surface area contributed by atoms with Gasteiger partial charge in [0, 0.05) is 25.0 Å². The lowest BCUT2D eigenvalue weighted by Gasteiger charge is -2.24. The Hall–Kier alpha value is -1.42. The number of carboxylic acid groups (broad SMARTS) is 1. The smallest absolute Gasteiger partial charge is 0.317 e. The van der Waals surface area contributed by atoms with Crippen LogP contribution in [-0.4, -0.2) is 40.1 Å². The number of aliphatic carboxylic acids is 1. The lowest BCUT2D eigenvalue weighted by atomic mass is 10.2. The number of carbonyl (C=O) groups is 1. The zero-order valence-electron chi connectivity index (χ0n) is 9.76. The molecule has 0 aromatic carbocycles. The third-order valence-corrected chi connectivity index (χ3v) is 2.51. The molecule has 1 rings (SSSR count). The van der Waals surface area contributed by atoms with Crippen LogP contribution in [0.25, 0.3) is 0 Å². The molecule has 88 valence electrons. The van der Waals surface area contributed by atoms with Crippen molar-refractivity contribution >= 4 is 5.97 Å². The molecular formula is C12H18N2O2. The van der Waals surface area contributed by atoms with Crippen LogP contribution in [0.2, 0.25) is 0 Å². The molecule has 0 fully saturated rings. The second-order valence-electron chi connectivity index (χ2n) is 4.06. The lowest BCUT2D eigenvalue weighted by Crippen LogP contribution is -2.37. The Kier molecular flexibility index (Phi) is 4.92. The van der Waals surface area contributed by atoms with Crippen LogP contribution in [0, 0.1) is 0 Å². The zero-order chi connectivity index (χ0) is 12.0. The van der Waals surface area contributed by atoms with Crippen molar-refractivity contribution in [3.8, 4) is 0 Å². The molecule has 0 saturated carbocycles. The van der Waals surface area contributed by atoms with E-state index in [1.54, 1.807) is 12.4 Å². The summed E-state index contributed by atoms with van der Waals surface area (Å²) < 4.78 is 0. The first kappa shape index (κ1) is 12.6. The van der Waals surface area contributed by atoms with Crippen LogP contribution in [-0.2, 0) is 11.2 Å². The largest absolute Gasteiger partial charge is 0.480 e. The summed E-state index contributed by atoms with van der Waals surface area (Å²) in [6.07, 6.45) is 4.37. The molecule has 0 aliphatic heterocycles. The molecule has 0 aliphatic carbocycles. The van der Waals surface area contributed by atoms with Crippen LogP contribution in [0.15, 0.2) is 24.5 Å². The van der Waals surface area contributed by atoms with Gasteiger partial charge in [-0.15, -0.1) is 0 Å². The number of hydrogen-bond acceptors (Lipinski definition) is 3. The van der Waals surface area contributed by atoms with Gasteiger partial charge in [-0.05, 0) is 38.0 Å². The number of hydrogen-bond donors (Lipinski definition) is 1. The highest BCUT2D eigenvalue weighted by Crippen LogP contribution is 2.03. The van der Waals surface area contributed by atoms with Gasteiger partial charge in [-0.1, -0.05) is 0 Å². The molecule has 0 spiro atoms. The van der Waals surface area contributed by atoms with Crippen molar-refractivity contribution in [1.29, 1.82) is 0 Å². The summed E-state index contributed by atoms with van der Waals surface area (Å²) in [7, 11) is 0. The molecule has 1 aromatic rings. The number of nitrogens with zero attached hydrogens (tertiary/aromatic N) is 2. The van der Waals surface area contributed by atoms with Crippen LogP contribution < -0.4 is 0 Å². The van der Waals surface area contributed by atoms with Crippen LogP contribution in [0.5, 0.6) is 0 Å². The normalized spacial score (nSPS) is 11.0. The van der Waals surface area contributed by atoms with E-state index in [1.807, 2.05) is 30.9 Å². The number of aromatic nitrogens is 1. The van der Waals surface area contributed by atoms with Crippen molar-refractivity contribution in [2.45, 2.75) is 26.3 Å². The average molecular weight is 222 g/mol. The zero-order valence-corrected chi connectivity index (χ0v) is 9.76. The number of rotatable bonds is 6. The molecule has 0 saturated heterocycles. The van der Waals surface area contributed by atoms with Gasteiger partial charge in [-0.2, -0.15) is 0 Å². The van der Waals surface area contributed by atoms with Gasteiger partial charge in [0.1, 0.15) is 0 Å². The molecule has 4 heteroatoms. The van der Waals surface area contributed by atoms with Crippen LogP contribution in [0.3, 0.4) is 0 Å². The van der Waals surface area contributed by atoms with Gasteiger partial charge < -0.3 is 5.11 Å². The minimum absolute atomic E-state index is 0.1000. The minimum atomic E-state index is -0.775. The minimum Gasteiger partial charge on any atom is -0.480 e. The molecule has 16 heavy (non-hydrogen) atoms. The molecular weight excluding hydrogens is 204 g/mol. The number of pyridine rings is 1. The van der Waals surface area contributed by atoms with E-state index in [2.05, 4.69) is 4.98 Å². The SMILES string of the molecule is CC(C)N(CCc1ccncc1)CC(=O)O. The topological polar surface area (TPSA) is 53.4 Å². The van der Waals surface area contributed by atoms with Crippen molar-refractivity contribution in [3.05, 3.63) is 30.1 Å². The quantitative estimate of drug-likeness (QED) is 0.791. The molecule has 0 amide bonds. The van der Waals surface area contributed by atoms with Gasteiger partial charge in [0.15, 0.2) is 0 Å². The second kappa shape index (κ2) is 6.23. The van der Waals surface area contributed by atoms with Gasteiger partial charge in [-0.3, -0.25) is 14.7 Å². The molecule has 0 radical (unpaired) electrons. The third-order valence-electron chi connectivity index (χ3n) is 2.51. The predicted molar refractivity (Wildman–Crippen MR) is 62.3 cm³/mol. The molecule has 1 heterocycles. The maximum Gasteiger partial charge on any atom is 0.317 e. The summed E-state index contributed by atoms with van der Waals surface area (Å²) >= 11 is 0. The first-order chi connectivity index (χ1) is 7.59. The summed E-state index contributed by atoms with van der Waals surface area (Å²) in [6, 6.07) is 4.16. The monoisotopic (exact) mass is 222 g/mol. The molecule has 1 N–H and O–H groups in total. The van der Waals surface area contributed by atoms with Crippen molar-refractivity contribution in [3.63, 3.8) is 0 Å². The van der Waals surface area contributed by atoms with Crippen LogP contribution in [0.1, 0.15) is 19.4 Å². The first-order valence-electron chi connectivity index (χ1n) is 5.44. The van der Waals surface area contributed by atoms with E-state index in [0.717, 1.165) is 13.0 Å². The van der Waals surface area contributed by atoms with Gasteiger partial charge >= 0.3 is 5.97 Å². The molecule has 0 atom stereocenters.